The zero-order valence-corrected chi connectivity index (χ0v) is 18.8. The van der Waals surface area contributed by atoms with Crippen molar-refractivity contribution in [3.8, 4) is 11.5 Å². The first-order chi connectivity index (χ1) is 14.8. The van der Waals surface area contributed by atoms with Gasteiger partial charge in [0.1, 0.15) is 0 Å². The van der Waals surface area contributed by atoms with Gasteiger partial charge in [0.2, 0.25) is 5.91 Å². The summed E-state index contributed by atoms with van der Waals surface area (Å²) >= 11 is 0. The number of hydrogen-bond donors (Lipinski definition) is 2. The van der Waals surface area contributed by atoms with Crippen LogP contribution in [0.4, 0.5) is 10.5 Å². The van der Waals surface area contributed by atoms with Crippen molar-refractivity contribution in [2.75, 3.05) is 32.6 Å². The second-order valence-electron chi connectivity index (χ2n) is 8.06. The first-order valence-corrected chi connectivity index (χ1v) is 10.5. The molecule has 1 atom stereocenters. The molecule has 1 unspecified atom stereocenters. The van der Waals surface area contributed by atoms with Crippen molar-refractivity contribution < 1.29 is 19.1 Å². The van der Waals surface area contributed by atoms with Crippen molar-refractivity contribution in [1.82, 2.24) is 10.2 Å². The number of aryl methyl sites for hydroxylation is 1. The second kappa shape index (κ2) is 9.73. The molecule has 166 valence electrons. The Hall–Kier alpha value is -3.22. The maximum atomic E-state index is 13.2. The lowest BCUT2D eigenvalue weighted by molar-refractivity contribution is -0.124. The van der Waals surface area contributed by atoms with Crippen LogP contribution in [0.5, 0.6) is 11.5 Å². The van der Waals surface area contributed by atoms with Gasteiger partial charge < -0.3 is 25.0 Å². The van der Waals surface area contributed by atoms with Gasteiger partial charge in [-0.15, -0.1) is 0 Å². The number of amides is 3. The lowest BCUT2D eigenvalue weighted by Crippen LogP contribution is -2.47. The van der Waals surface area contributed by atoms with Crippen LogP contribution in [0.3, 0.4) is 0 Å². The number of methoxy groups -OCH3 is 2. The molecule has 2 aromatic carbocycles. The SMILES string of the molecule is COc1cc2c(cc1OC)C(CNC(=O)C(C)C)N(C(=O)Nc1ccc(C)cc1)CC2. The van der Waals surface area contributed by atoms with Crippen molar-refractivity contribution in [1.29, 1.82) is 0 Å². The molecule has 0 fully saturated rings. The van der Waals surface area contributed by atoms with Crippen LogP contribution >= 0.6 is 0 Å². The molecular formula is C24H31N3O4. The molecule has 2 N–H and O–H groups in total. The van der Waals surface area contributed by atoms with E-state index in [0.717, 1.165) is 22.4 Å². The third kappa shape index (κ3) is 5.10. The number of fused-ring (bicyclic) bond motifs is 1. The summed E-state index contributed by atoms with van der Waals surface area (Å²) in [4.78, 5) is 27.2. The number of nitrogens with one attached hydrogen (secondary N) is 2. The van der Waals surface area contributed by atoms with Crippen LogP contribution in [0.25, 0.3) is 0 Å². The minimum absolute atomic E-state index is 0.0495. The highest BCUT2D eigenvalue weighted by molar-refractivity contribution is 5.90. The largest absolute Gasteiger partial charge is 0.493 e. The summed E-state index contributed by atoms with van der Waals surface area (Å²) in [7, 11) is 3.19. The Bertz CT molecular complexity index is 941. The number of benzene rings is 2. The molecule has 1 aliphatic rings. The van der Waals surface area contributed by atoms with Gasteiger partial charge in [-0.05, 0) is 48.7 Å². The van der Waals surface area contributed by atoms with Crippen molar-refractivity contribution in [3.05, 3.63) is 53.1 Å². The molecule has 2 aromatic rings. The Kier molecular flexibility index (Phi) is 7.05. The molecule has 31 heavy (non-hydrogen) atoms. The van der Waals surface area contributed by atoms with Crippen LogP contribution in [0.2, 0.25) is 0 Å². The Morgan fingerprint density at radius 3 is 2.35 bits per heavy atom. The van der Waals surface area contributed by atoms with Gasteiger partial charge in [0.25, 0.3) is 0 Å². The van der Waals surface area contributed by atoms with Crippen LogP contribution in [0.1, 0.15) is 36.6 Å². The molecule has 0 spiro atoms. The normalized spacial score (nSPS) is 15.3. The number of hydrogen-bond acceptors (Lipinski definition) is 4. The number of anilines is 1. The van der Waals surface area contributed by atoms with Crippen molar-refractivity contribution in [3.63, 3.8) is 0 Å². The number of carbonyl (C=O) groups is 2. The molecule has 1 aliphatic heterocycles. The van der Waals surface area contributed by atoms with Gasteiger partial charge in [-0.1, -0.05) is 31.5 Å². The third-order valence-corrected chi connectivity index (χ3v) is 5.56. The number of ether oxygens (including phenoxy) is 2. The molecule has 0 radical (unpaired) electrons. The van der Waals surface area contributed by atoms with E-state index in [2.05, 4.69) is 10.6 Å². The Balaban J connectivity index is 1.91. The molecule has 0 saturated carbocycles. The molecule has 7 nitrogen and oxygen atoms in total. The maximum Gasteiger partial charge on any atom is 0.322 e. The van der Waals surface area contributed by atoms with Gasteiger partial charge in [0.15, 0.2) is 11.5 Å². The quantitative estimate of drug-likeness (QED) is 0.735. The van der Waals surface area contributed by atoms with Gasteiger partial charge in [-0.3, -0.25) is 4.79 Å². The summed E-state index contributed by atoms with van der Waals surface area (Å²) in [6.07, 6.45) is 0.686. The van der Waals surface area contributed by atoms with Crippen molar-refractivity contribution >= 4 is 17.6 Å². The van der Waals surface area contributed by atoms with E-state index < -0.39 is 0 Å². The van der Waals surface area contributed by atoms with Gasteiger partial charge in [0, 0.05) is 24.7 Å². The zero-order valence-electron chi connectivity index (χ0n) is 18.8. The van der Waals surface area contributed by atoms with Crippen LogP contribution < -0.4 is 20.1 Å². The van der Waals surface area contributed by atoms with Gasteiger partial charge in [-0.25, -0.2) is 4.79 Å². The second-order valence-corrected chi connectivity index (χ2v) is 8.06. The Morgan fingerprint density at radius 2 is 1.74 bits per heavy atom. The van der Waals surface area contributed by atoms with E-state index in [-0.39, 0.29) is 23.9 Å². The highest BCUT2D eigenvalue weighted by Gasteiger charge is 2.32. The summed E-state index contributed by atoms with van der Waals surface area (Å²) in [5, 5.41) is 5.96. The van der Waals surface area contributed by atoms with Crippen molar-refractivity contribution in [2.24, 2.45) is 5.92 Å². The molecule has 3 rings (SSSR count). The molecule has 0 aromatic heterocycles. The first kappa shape index (κ1) is 22.5. The van der Waals surface area contributed by atoms with Crippen LogP contribution in [0.15, 0.2) is 36.4 Å². The molecule has 7 heteroatoms. The average Bonchev–Trinajstić information content (AvgIpc) is 2.77. The van der Waals surface area contributed by atoms with E-state index in [1.54, 1.807) is 19.1 Å². The summed E-state index contributed by atoms with van der Waals surface area (Å²) in [6.45, 7) is 6.55. The molecule has 3 amide bonds. The third-order valence-electron chi connectivity index (χ3n) is 5.56. The fraction of sp³-hybridized carbons (Fsp3) is 0.417. The number of urea groups is 1. The highest BCUT2D eigenvalue weighted by Crippen LogP contribution is 2.38. The van der Waals surface area contributed by atoms with Crippen LogP contribution in [-0.4, -0.2) is 44.1 Å². The average molecular weight is 426 g/mol. The summed E-state index contributed by atoms with van der Waals surface area (Å²) in [5.74, 6) is 1.07. The van der Waals surface area contributed by atoms with E-state index in [0.29, 0.717) is 31.0 Å². The fourth-order valence-electron chi connectivity index (χ4n) is 3.72. The monoisotopic (exact) mass is 425 g/mol. The van der Waals surface area contributed by atoms with E-state index in [4.69, 9.17) is 9.47 Å². The predicted octanol–water partition coefficient (Wildman–Crippen LogP) is 3.92. The number of nitrogens with zero attached hydrogens (tertiary/aromatic N) is 1. The summed E-state index contributed by atoms with van der Waals surface area (Å²) < 4.78 is 10.9. The van der Waals surface area contributed by atoms with Crippen LogP contribution in [0, 0.1) is 12.8 Å². The molecular weight excluding hydrogens is 394 g/mol. The van der Waals surface area contributed by atoms with Gasteiger partial charge >= 0.3 is 6.03 Å². The minimum Gasteiger partial charge on any atom is -0.493 e. The summed E-state index contributed by atoms with van der Waals surface area (Å²) in [6, 6.07) is 11.0. The predicted molar refractivity (Wildman–Crippen MR) is 121 cm³/mol. The molecule has 0 saturated heterocycles. The lowest BCUT2D eigenvalue weighted by atomic mass is 9.91. The van der Waals surface area contributed by atoms with Gasteiger partial charge in [0.05, 0.1) is 20.3 Å². The van der Waals surface area contributed by atoms with Crippen LogP contribution in [-0.2, 0) is 11.2 Å². The fourth-order valence-corrected chi connectivity index (χ4v) is 3.72. The molecule has 0 bridgehead atoms. The Labute approximate surface area is 183 Å². The van der Waals surface area contributed by atoms with Gasteiger partial charge in [-0.2, -0.15) is 0 Å². The highest BCUT2D eigenvalue weighted by atomic mass is 16.5. The van der Waals surface area contributed by atoms with E-state index in [1.165, 1.54) is 0 Å². The van der Waals surface area contributed by atoms with E-state index in [1.807, 2.05) is 57.2 Å². The number of carbonyl (C=O) groups excluding carboxylic acids is 2. The smallest absolute Gasteiger partial charge is 0.322 e. The van der Waals surface area contributed by atoms with E-state index >= 15 is 0 Å². The Morgan fingerprint density at radius 1 is 1.10 bits per heavy atom. The first-order valence-electron chi connectivity index (χ1n) is 10.5. The summed E-state index contributed by atoms with van der Waals surface area (Å²) in [5.41, 5.74) is 3.90. The standard InChI is InChI=1S/C24H31N3O4/c1-15(2)23(28)25-14-20-19-13-22(31-5)21(30-4)12-17(19)10-11-27(20)24(29)26-18-8-6-16(3)7-9-18/h6-9,12-13,15,20H,10-11,14H2,1-5H3,(H,25,28)(H,26,29). The van der Waals surface area contributed by atoms with Crippen molar-refractivity contribution in [2.45, 2.75) is 33.2 Å². The lowest BCUT2D eigenvalue weighted by Gasteiger charge is -2.38. The molecule has 1 heterocycles. The zero-order chi connectivity index (χ0) is 22.5. The number of rotatable bonds is 6. The topological polar surface area (TPSA) is 79.9 Å². The minimum atomic E-state index is -0.322. The maximum absolute atomic E-state index is 13.2. The molecule has 0 aliphatic carbocycles. The van der Waals surface area contributed by atoms with E-state index in [9.17, 15) is 9.59 Å².